The molecule has 1 heterocycles. The van der Waals surface area contributed by atoms with Gasteiger partial charge in [0, 0.05) is 36.9 Å². The second-order valence-electron chi connectivity index (χ2n) is 7.22. The molecular formula is C23H23ClFNO6. The summed E-state index contributed by atoms with van der Waals surface area (Å²) in [5.41, 5.74) is 0.686. The Hall–Kier alpha value is -3.13. The quantitative estimate of drug-likeness (QED) is 0.321. The highest BCUT2D eigenvalue weighted by atomic mass is 35.5. The van der Waals surface area contributed by atoms with Crippen molar-refractivity contribution in [3.05, 3.63) is 53.8 Å². The van der Waals surface area contributed by atoms with E-state index in [0.717, 1.165) is 12.1 Å². The zero-order valence-electron chi connectivity index (χ0n) is 17.7. The fourth-order valence-electron chi connectivity index (χ4n) is 3.49. The van der Waals surface area contributed by atoms with Crippen molar-refractivity contribution in [3.63, 3.8) is 0 Å². The van der Waals surface area contributed by atoms with Crippen molar-refractivity contribution in [2.24, 2.45) is 5.92 Å². The molecule has 1 aliphatic rings. The second kappa shape index (κ2) is 10.5. The van der Waals surface area contributed by atoms with Crippen molar-refractivity contribution in [1.82, 2.24) is 0 Å². The Balaban J connectivity index is 1.74. The Morgan fingerprint density at radius 1 is 1.16 bits per heavy atom. The summed E-state index contributed by atoms with van der Waals surface area (Å²) in [5, 5.41) is 0. The molecule has 9 heteroatoms. The number of benzene rings is 2. The van der Waals surface area contributed by atoms with E-state index < -0.39 is 29.6 Å². The number of anilines is 1. The molecule has 0 bridgehead atoms. The summed E-state index contributed by atoms with van der Waals surface area (Å²) in [4.78, 5) is 39.6. The Bertz CT molecular complexity index is 996. The minimum absolute atomic E-state index is 0.0690. The maximum absolute atomic E-state index is 13.2. The average molecular weight is 464 g/mol. The van der Waals surface area contributed by atoms with E-state index in [0.29, 0.717) is 17.2 Å². The molecule has 0 saturated carbocycles. The fraction of sp³-hybridized carbons (Fsp3) is 0.348. The van der Waals surface area contributed by atoms with E-state index in [9.17, 15) is 18.8 Å². The van der Waals surface area contributed by atoms with E-state index >= 15 is 0 Å². The summed E-state index contributed by atoms with van der Waals surface area (Å²) in [7, 11) is 2.99. The number of hydrogen-bond donors (Lipinski definition) is 0. The lowest BCUT2D eigenvalue weighted by Gasteiger charge is -2.21. The molecule has 0 N–H and O–H groups in total. The lowest BCUT2D eigenvalue weighted by Crippen LogP contribution is -2.32. The lowest BCUT2D eigenvalue weighted by molar-refractivity contribution is -0.151. The van der Waals surface area contributed by atoms with Crippen molar-refractivity contribution in [2.75, 3.05) is 31.5 Å². The van der Waals surface area contributed by atoms with Gasteiger partial charge in [-0.1, -0.05) is 0 Å². The van der Waals surface area contributed by atoms with Gasteiger partial charge >= 0.3 is 5.97 Å². The van der Waals surface area contributed by atoms with Crippen molar-refractivity contribution in [3.8, 4) is 11.5 Å². The fourth-order valence-corrected chi connectivity index (χ4v) is 3.68. The number of halogens is 2. The standard InChI is InChI=1S/C23H23ClFNO6/c1-30-17-7-8-19(31-2)18(12-17)26-13-15(11-21(26)27)23(29)32-20(9-10-24)22(28)14-3-5-16(25)6-4-14/h3-8,12,15,20H,9-11,13H2,1-2H3/t15-,20-/m0/s1. The summed E-state index contributed by atoms with van der Waals surface area (Å²) in [6, 6.07) is 9.98. The molecule has 1 fully saturated rings. The summed E-state index contributed by atoms with van der Waals surface area (Å²) in [5.74, 6) is -1.60. The SMILES string of the molecule is COc1ccc(OC)c(N2C[C@@H](C(=O)O[C@@H](CCCl)C(=O)c3ccc(F)cc3)CC2=O)c1. The Kier molecular flexibility index (Phi) is 7.69. The molecule has 1 amide bonds. The lowest BCUT2D eigenvalue weighted by atomic mass is 10.0. The van der Waals surface area contributed by atoms with Gasteiger partial charge in [0.2, 0.25) is 11.7 Å². The molecule has 2 atom stereocenters. The van der Waals surface area contributed by atoms with Gasteiger partial charge in [-0.05, 0) is 36.4 Å². The van der Waals surface area contributed by atoms with E-state index in [-0.39, 0.29) is 36.7 Å². The first kappa shape index (κ1) is 23.5. The number of ether oxygens (including phenoxy) is 3. The monoisotopic (exact) mass is 463 g/mol. The smallest absolute Gasteiger partial charge is 0.312 e. The van der Waals surface area contributed by atoms with Crippen LogP contribution in [0, 0.1) is 11.7 Å². The molecule has 2 aromatic carbocycles. The van der Waals surface area contributed by atoms with E-state index in [2.05, 4.69) is 0 Å². The van der Waals surface area contributed by atoms with Gasteiger partial charge < -0.3 is 19.1 Å². The summed E-state index contributed by atoms with van der Waals surface area (Å²) in [6.45, 7) is 0.0690. The molecule has 7 nitrogen and oxygen atoms in total. The third-order valence-electron chi connectivity index (χ3n) is 5.19. The van der Waals surface area contributed by atoms with Crippen LogP contribution in [0.4, 0.5) is 10.1 Å². The van der Waals surface area contributed by atoms with Gasteiger partial charge in [-0.25, -0.2) is 4.39 Å². The summed E-state index contributed by atoms with van der Waals surface area (Å²) < 4.78 is 29.2. The minimum Gasteiger partial charge on any atom is -0.497 e. The van der Waals surface area contributed by atoms with Gasteiger partial charge in [0.15, 0.2) is 6.10 Å². The molecule has 1 aliphatic heterocycles. The van der Waals surface area contributed by atoms with E-state index in [1.54, 1.807) is 18.2 Å². The van der Waals surface area contributed by atoms with Gasteiger partial charge in [0.1, 0.15) is 17.3 Å². The van der Waals surface area contributed by atoms with Crippen molar-refractivity contribution in [1.29, 1.82) is 0 Å². The first-order valence-electron chi connectivity index (χ1n) is 9.96. The average Bonchev–Trinajstić information content (AvgIpc) is 3.19. The number of nitrogens with zero attached hydrogens (tertiary/aromatic N) is 1. The maximum Gasteiger partial charge on any atom is 0.312 e. The molecule has 170 valence electrons. The van der Waals surface area contributed by atoms with Crippen LogP contribution in [0.15, 0.2) is 42.5 Å². The van der Waals surface area contributed by atoms with Crippen LogP contribution in [0.2, 0.25) is 0 Å². The van der Waals surface area contributed by atoms with Crippen molar-refractivity contribution >= 4 is 34.9 Å². The second-order valence-corrected chi connectivity index (χ2v) is 7.60. The number of rotatable bonds is 9. The molecular weight excluding hydrogens is 441 g/mol. The van der Waals surface area contributed by atoms with Crippen LogP contribution in [-0.2, 0) is 14.3 Å². The first-order valence-corrected chi connectivity index (χ1v) is 10.5. The van der Waals surface area contributed by atoms with Crippen LogP contribution >= 0.6 is 11.6 Å². The minimum atomic E-state index is -1.12. The van der Waals surface area contributed by atoms with Crippen LogP contribution in [0.1, 0.15) is 23.2 Å². The number of ketones is 1. The van der Waals surface area contributed by atoms with Crippen LogP contribution in [0.3, 0.4) is 0 Å². The highest BCUT2D eigenvalue weighted by Crippen LogP contribution is 2.36. The molecule has 0 unspecified atom stereocenters. The molecule has 2 aromatic rings. The van der Waals surface area contributed by atoms with Crippen LogP contribution in [-0.4, -0.2) is 50.4 Å². The molecule has 3 rings (SSSR count). The van der Waals surface area contributed by atoms with Crippen LogP contribution in [0.25, 0.3) is 0 Å². The predicted molar refractivity (Wildman–Crippen MR) is 116 cm³/mol. The molecule has 0 radical (unpaired) electrons. The number of carbonyl (C=O) groups is 3. The van der Waals surface area contributed by atoms with Crippen LogP contribution < -0.4 is 14.4 Å². The maximum atomic E-state index is 13.2. The topological polar surface area (TPSA) is 82.1 Å². The van der Waals surface area contributed by atoms with Crippen molar-refractivity contribution < 1.29 is 33.0 Å². The van der Waals surface area contributed by atoms with Gasteiger partial charge in [0.25, 0.3) is 0 Å². The molecule has 0 aliphatic carbocycles. The number of amides is 1. The predicted octanol–water partition coefficient (Wildman–Crippen LogP) is 3.62. The number of Topliss-reactive ketones (excluding diaryl/α,β-unsaturated/α-hetero) is 1. The van der Waals surface area contributed by atoms with Gasteiger partial charge in [-0.15, -0.1) is 11.6 Å². The van der Waals surface area contributed by atoms with Crippen LogP contribution in [0.5, 0.6) is 11.5 Å². The van der Waals surface area contributed by atoms with E-state index in [1.165, 1.54) is 31.3 Å². The Morgan fingerprint density at radius 2 is 1.88 bits per heavy atom. The van der Waals surface area contributed by atoms with E-state index in [4.69, 9.17) is 25.8 Å². The Labute approximate surface area is 190 Å². The number of methoxy groups -OCH3 is 2. The van der Waals surface area contributed by atoms with Crippen molar-refractivity contribution in [2.45, 2.75) is 18.9 Å². The van der Waals surface area contributed by atoms with Gasteiger partial charge in [-0.2, -0.15) is 0 Å². The van der Waals surface area contributed by atoms with E-state index in [1.807, 2.05) is 0 Å². The first-order chi connectivity index (χ1) is 15.4. The number of hydrogen-bond acceptors (Lipinski definition) is 6. The highest BCUT2D eigenvalue weighted by molar-refractivity contribution is 6.18. The molecule has 0 spiro atoms. The third-order valence-corrected chi connectivity index (χ3v) is 5.40. The Morgan fingerprint density at radius 3 is 2.50 bits per heavy atom. The highest BCUT2D eigenvalue weighted by Gasteiger charge is 2.39. The van der Waals surface area contributed by atoms with Gasteiger partial charge in [0.05, 0.1) is 25.8 Å². The largest absolute Gasteiger partial charge is 0.497 e. The normalized spacial score (nSPS) is 16.6. The number of esters is 1. The van der Waals surface area contributed by atoms with Gasteiger partial charge in [-0.3, -0.25) is 14.4 Å². The summed E-state index contributed by atoms with van der Waals surface area (Å²) in [6.07, 6.45) is -1.10. The zero-order chi connectivity index (χ0) is 23.3. The molecule has 0 aromatic heterocycles. The third kappa shape index (κ3) is 5.19. The molecule has 32 heavy (non-hydrogen) atoms. The summed E-state index contributed by atoms with van der Waals surface area (Å²) >= 11 is 5.79. The number of alkyl halides is 1. The number of carbonyl (C=O) groups excluding carboxylic acids is 3. The zero-order valence-corrected chi connectivity index (χ0v) is 18.4. The molecule has 1 saturated heterocycles.